The normalized spacial score (nSPS) is 21.4. The molecule has 0 atom stereocenters. The number of rotatable bonds is 3. The molecule has 1 heterocycles. The molecule has 96 valence electrons. The minimum atomic E-state index is 0.340. The monoisotopic (exact) mass is 243 g/mol. The van der Waals surface area contributed by atoms with Gasteiger partial charge in [-0.15, -0.1) is 0 Å². The number of nitrogens with zero attached hydrogens (tertiary/aromatic N) is 2. The second-order valence-corrected chi connectivity index (χ2v) is 5.48. The number of benzene rings is 1. The predicted octanol–water partition coefficient (Wildman–Crippen LogP) is 2.00. The van der Waals surface area contributed by atoms with E-state index < -0.39 is 0 Å². The van der Waals surface area contributed by atoms with Crippen LogP contribution in [-0.2, 0) is 5.41 Å². The molecule has 18 heavy (non-hydrogen) atoms. The van der Waals surface area contributed by atoms with Crippen LogP contribution in [0.15, 0.2) is 35.3 Å². The molecule has 3 rings (SSSR count). The summed E-state index contributed by atoms with van der Waals surface area (Å²) in [5.74, 6) is 1.07. The second kappa shape index (κ2) is 4.63. The van der Waals surface area contributed by atoms with Crippen LogP contribution in [0.2, 0.25) is 0 Å². The zero-order chi connectivity index (χ0) is 12.4. The van der Waals surface area contributed by atoms with Gasteiger partial charge in [-0.1, -0.05) is 36.8 Å². The van der Waals surface area contributed by atoms with E-state index in [4.69, 9.17) is 0 Å². The third kappa shape index (κ3) is 1.98. The van der Waals surface area contributed by atoms with Gasteiger partial charge in [0.05, 0.1) is 6.54 Å². The summed E-state index contributed by atoms with van der Waals surface area (Å²) in [6.07, 6.45) is 3.93. The first kappa shape index (κ1) is 11.6. The van der Waals surface area contributed by atoms with Crippen LogP contribution in [0.1, 0.15) is 24.8 Å². The maximum absolute atomic E-state index is 4.50. The van der Waals surface area contributed by atoms with Crippen molar-refractivity contribution in [3.05, 3.63) is 35.9 Å². The Morgan fingerprint density at radius 3 is 2.61 bits per heavy atom. The number of likely N-dealkylation sites (N-methyl/N-ethyl adjacent to an activating group) is 1. The molecule has 0 amide bonds. The van der Waals surface area contributed by atoms with E-state index >= 15 is 0 Å². The summed E-state index contributed by atoms with van der Waals surface area (Å²) in [6, 6.07) is 10.9. The zero-order valence-corrected chi connectivity index (χ0v) is 11.0. The number of nitrogens with one attached hydrogen (secondary N) is 1. The van der Waals surface area contributed by atoms with Crippen LogP contribution in [-0.4, -0.2) is 37.5 Å². The van der Waals surface area contributed by atoms with E-state index in [1.165, 1.54) is 24.8 Å². The average Bonchev–Trinajstić information content (AvgIpc) is 2.75. The van der Waals surface area contributed by atoms with Crippen molar-refractivity contribution in [2.45, 2.75) is 24.7 Å². The van der Waals surface area contributed by atoms with Crippen LogP contribution in [0.5, 0.6) is 0 Å². The second-order valence-electron chi connectivity index (χ2n) is 5.48. The van der Waals surface area contributed by atoms with Crippen LogP contribution in [0.25, 0.3) is 0 Å². The Hall–Kier alpha value is -1.51. The van der Waals surface area contributed by atoms with Gasteiger partial charge in [0.25, 0.3) is 0 Å². The molecule has 0 unspecified atom stereocenters. The van der Waals surface area contributed by atoms with Gasteiger partial charge in [-0.05, 0) is 18.4 Å². The van der Waals surface area contributed by atoms with Gasteiger partial charge in [0.2, 0.25) is 0 Å². The van der Waals surface area contributed by atoms with Gasteiger partial charge in [-0.3, -0.25) is 4.99 Å². The number of guanidine groups is 1. The van der Waals surface area contributed by atoms with E-state index in [-0.39, 0.29) is 0 Å². The fraction of sp³-hybridized carbons (Fsp3) is 0.533. The largest absolute Gasteiger partial charge is 0.355 e. The van der Waals surface area contributed by atoms with Crippen LogP contribution < -0.4 is 5.32 Å². The lowest BCUT2D eigenvalue weighted by Crippen LogP contribution is -2.48. The van der Waals surface area contributed by atoms with Crippen molar-refractivity contribution in [1.82, 2.24) is 10.2 Å². The smallest absolute Gasteiger partial charge is 0.193 e. The van der Waals surface area contributed by atoms with Crippen molar-refractivity contribution in [2.75, 3.05) is 26.7 Å². The molecule has 1 saturated carbocycles. The summed E-state index contributed by atoms with van der Waals surface area (Å²) < 4.78 is 0. The molecule has 1 aromatic rings. The fourth-order valence-corrected chi connectivity index (χ4v) is 2.93. The highest BCUT2D eigenvalue weighted by molar-refractivity contribution is 5.81. The summed E-state index contributed by atoms with van der Waals surface area (Å²) in [5, 5.41) is 3.55. The highest BCUT2D eigenvalue weighted by Gasteiger charge is 2.38. The predicted molar refractivity (Wildman–Crippen MR) is 74.9 cm³/mol. The molecule has 0 saturated heterocycles. The van der Waals surface area contributed by atoms with Gasteiger partial charge < -0.3 is 10.2 Å². The summed E-state index contributed by atoms with van der Waals surface area (Å²) in [6.45, 7) is 2.98. The quantitative estimate of drug-likeness (QED) is 0.879. The molecule has 2 aliphatic rings. The first-order chi connectivity index (χ1) is 8.80. The van der Waals surface area contributed by atoms with E-state index in [0.717, 1.165) is 25.6 Å². The summed E-state index contributed by atoms with van der Waals surface area (Å²) >= 11 is 0. The molecule has 1 aliphatic heterocycles. The standard InChI is InChI=1S/C15H21N3/c1-18-11-10-16-14(18)17-12-15(8-5-9-15)13-6-3-2-4-7-13/h2-4,6-7H,5,8-12H2,1H3,(H,16,17). The molecule has 0 spiro atoms. The fourth-order valence-electron chi connectivity index (χ4n) is 2.93. The van der Waals surface area contributed by atoms with Gasteiger partial charge in [0, 0.05) is 25.6 Å². The summed E-state index contributed by atoms with van der Waals surface area (Å²) in [5.41, 5.74) is 1.82. The minimum absolute atomic E-state index is 0.340. The molecule has 3 heteroatoms. The maximum atomic E-state index is 4.50. The molecule has 0 aromatic heterocycles. The molecular weight excluding hydrogens is 222 g/mol. The average molecular weight is 243 g/mol. The van der Waals surface area contributed by atoms with Gasteiger partial charge in [-0.2, -0.15) is 0 Å². The van der Waals surface area contributed by atoms with E-state index in [9.17, 15) is 0 Å². The number of hydrogen-bond acceptors (Lipinski definition) is 3. The van der Waals surface area contributed by atoms with Crippen molar-refractivity contribution < 1.29 is 0 Å². The molecule has 0 bridgehead atoms. The van der Waals surface area contributed by atoms with Gasteiger partial charge >= 0.3 is 0 Å². The SMILES string of the molecule is CN1CCN=C1NCC1(c2ccccc2)CCC1. The molecule has 1 N–H and O–H groups in total. The van der Waals surface area contributed by atoms with Crippen molar-refractivity contribution >= 4 is 5.96 Å². The lowest BCUT2D eigenvalue weighted by Gasteiger charge is -2.43. The van der Waals surface area contributed by atoms with Crippen molar-refractivity contribution in [3.8, 4) is 0 Å². The Balaban J connectivity index is 1.70. The summed E-state index contributed by atoms with van der Waals surface area (Å²) in [4.78, 5) is 6.71. The van der Waals surface area contributed by atoms with Crippen molar-refractivity contribution in [1.29, 1.82) is 0 Å². The van der Waals surface area contributed by atoms with Crippen LogP contribution in [0.3, 0.4) is 0 Å². The highest BCUT2D eigenvalue weighted by Crippen LogP contribution is 2.43. The Morgan fingerprint density at radius 2 is 2.06 bits per heavy atom. The lowest BCUT2D eigenvalue weighted by molar-refractivity contribution is 0.242. The Labute approximate surface area is 109 Å². The van der Waals surface area contributed by atoms with Gasteiger partial charge in [-0.25, -0.2) is 0 Å². The molecule has 1 aromatic carbocycles. The third-order valence-corrected chi connectivity index (χ3v) is 4.34. The van der Waals surface area contributed by atoms with Crippen LogP contribution in [0.4, 0.5) is 0 Å². The Bertz CT molecular complexity index is 434. The zero-order valence-electron chi connectivity index (χ0n) is 11.0. The summed E-state index contributed by atoms with van der Waals surface area (Å²) in [7, 11) is 2.11. The van der Waals surface area contributed by atoms with Gasteiger partial charge in [0.15, 0.2) is 5.96 Å². The van der Waals surface area contributed by atoms with Gasteiger partial charge in [0.1, 0.15) is 0 Å². The molecule has 1 aliphatic carbocycles. The number of aliphatic imine (C=N–C) groups is 1. The van der Waals surface area contributed by atoms with E-state index in [0.29, 0.717) is 5.41 Å². The van der Waals surface area contributed by atoms with Crippen LogP contribution >= 0.6 is 0 Å². The van der Waals surface area contributed by atoms with E-state index in [2.05, 4.69) is 52.6 Å². The Morgan fingerprint density at radius 1 is 1.28 bits per heavy atom. The first-order valence-corrected chi connectivity index (χ1v) is 6.85. The lowest BCUT2D eigenvalue weighted by atomic mass is 9.64. The topological polar surface area (TPSA) is 27.6 Å². The minimum Gasteiger partial charge on any atom is -0.355 e. The van der Waals surface area contributed by atoms with Crippen molar-refractivity contribution in [2.24, 2.45) is 4.99 Å². The van der Waals surface area contributed by atoms with E-state index in [1.54, 1.807) is 0 Å². The van der Waals surface area contributed by atoms with E-state index in [1.807, 2.05) is 0 Å². The third-order valence-electron chi connectivity index (χ3n) is 4.34. The maximum Gasteiger partial charge on any atom is 0.193 e. The highest BCUT2D eigenvalue weighted by atomic mass is 15.3. The molecular formula is C15H21N3. The first-order valence-electron chi connectivity index (χ1n) is 6.85. The number of hydrogen-bond donors (Lipinski definition) is 1. The molecule has 1 fully saturated rings. The van der Waals surface area contributed by atoms with Crippen LogP contribution in [0, 0.1) is 0 Å². The molecule has 3 nitrogen and oxygen atoms in total. The van der Waals surface area contributed by atoms with Crippen molar-refractivity contribution in [3.63, 3.8) is 0 Å². The molecule has 0 radical (unpaired) electrons. The Kier molecular flexibility index (Phi) is 2.98.